The highest BCUT2D eigenvalue weighted by Gasteiger charge is 2.36. The largest absolute Gasteiger partial charge is 0.342 e. The number of hydrogen-bond acceptors (Lipinski definition) is 1. The van der Waals surface area contributed by atoms with Gasteiger partial charge in [-0.1, -0.05) is 12.8 Å². The highest BCUT2D eigenvalue weighted by atomic mass is 79.9. The molecule has 2 nitrogen and oxygen atoms in total. The molecular formula is C12H16BrNO. The summed E-state index contributed by atoms with van der Waals surface area (Å²) >= 11 is 2.95. The first-order valence-corrected chi connectivity index (χ1v) is 6.52. The van der Waals surface area contributed by atoms with Gasteiger partial charge in [0.1, 0.15) is 0 Å². The molecule has 82 valence electrons. The molecule has 0 aromatic heterocycles. The van der Waals surface area contributed by atoms with Gasteiger partial charge in [0.05, 0.1) is 0 Å². The summed E-state index contributed by atoms with van der Waals surface area (Å²) in [6.45, 7) is 0. The maximum atomic E-state index is 11.4. The van der Waals surface area contributed by atoms with Crippen LogP contribution in [0.15, 0.2) is 0 Å². The fourth-order valence-corrected chi connectivity index (χ4v) is 2.63. The Kier molecular flexibility index (Phi) is 3.69. The third kappa shape index (κ3) is 2.55. The minimum absolute atomic E-state index is 0.129. The molecule has 3 heteroatoms. The average Bonchev–Trinajstić information content (AvgIpc) is 1.97. The fraction of sp³-hybridized carbons (Fsp3) is 0.750. The van der Waals surface area contributed by atoms with Gasteiger partial charge in [-0.05, 0) is 42.3 Å². The first-order chi connectivity index (χ1) is 7.31. The molecular weight excluding hydrogens is 254 g/mol. The summed E-state index contributed by atoms with van der Waals surface area (Å²) in [5.74, 6) is 3.81. The van der Waals surface area contributed by atoms with Gasteiger partial charge in [-0.2, -0.15) is 0 Å². The van der Waals surface area contributed by atoms with E-state index >= 15 is 0 Å². The second-order valence-electron chi connectivity index (χ2n) is 4.60. The predicted molar refractivity (Wildman–Crippen MR) is 63.3 cm³/mol. The lowest BCUT2D eigenvalue weighted by atomic mass is 9.68. The Hall–Kier alpha value is -0.490. The maximum Gasteiger partial charge on any atom is 0.296 e. The van der Waals surface area contributed by atoms with Crippen LogP contribution in [0.4, 0.5) is 0 Å². The molecule has 0 spiro atoms. The smallest absolute Gasteiger partial charge is 0.296 e. The van der Waals surface area contributed by atoms with Crippen LogP contribution in [0.5, 0.6) is 0 Å². The molecule has 2 aliphatic rings. The van der Waals surface area contributed by atoms with Crippen LogP contribution in [-0.4, -0.2) is 11.9 Å². The molecule has 1 amide bonds. The molecule has 0 aliphatic heterocycles. The van der Waals surface area contributed by atoms with Gasteiger partial charge in [0.2, 0.25) is 0 Å². The van der Waals surface area contributed by atoms with Crippen molar-refractivity contribution in [1.82, 2.24) is 5.32 Å². The van der Waals surface area contributed by atoms with Gasteiger partial charge in [0, 0.05) is 27.9 Å². The second-order valence-corrected chi connectivity index (χ2v) is 5.00. The summed E-state index contributed by atoms with van der Waals surface area (Å²) in [5.41, 5.74) is 0. The monoisotopic (exact) mass is 269 g/mol. The molecule has 0 aromatic rings. The van der Waals surface area contributed by atoms with Crippen molar-refractivity contribution in [3.05, 3.63) is 0 Å². The minimum atomic E-state index is -0.129. The molecule has 0 bridgehead atoms. The third-order valence-electron chi connectivity index (χ3n) is 3.77. The SMILES string of the molecule is O=C(C#CBr)NC(C1CCC1)C1CCC1. The average molecular weight is 270 g/mol. The van der Waals surface area contributed by atoms with E-state index in [2.05, 4.69) is 32.0 Å². The lowest BCUT2D eigenvalue weighted by molar-refractivity contribution is -0.117. The van der Waals surface area contributed by atoms with Gasteiger partial charge in [0.25, 0.3) is 5.91 Å². The normalized spacial score (nSPS) is 21.2. The fourth-order valence-electron chi connectivity index (χ4n) is 2.45. The summed E-state index contributed by atoms with van der Waals surface area (Å²) < 4.78 is 0. The van der Waals surface area contributed by atoms with Crippen LogP contribution in [0.2, 0.25) is 0 Å². The number of carbonyl (C=O) groups excluding carboxylic acids is 1. The van der Waals surface area contributed by atoms with Crippen LogP contribution in [0.1, 0.15) is 38.5 Å². The zero-order valence-corrected chi connectivity index (χ0v) is 10.3. The Morgan fingerprint density at radius 3 is 2.07 bits per heavy atom. The van der Waals surface area contributed by atoms with E-state index in [0.29, 0.717) is 6.04 Å². The predicted octanol–water partition coefficient (Wildman–Crippen LogP) is 2.43. The molecule has 0 unspecified atom stereocenters. The van der Waals surface area contributed by atoms with Gasteiger partial charge < -0.3 is 5.32 Å². The summed E-state index contributed by atoms with van der Waals surface area (Å²) in [6, 6.07) is 0.397. The number of hydrogen-bond donors (Lipinski definition) is 1. The topological polar surface area (TPSA) is 29.1 Å². The molecule has 15 heavy (non-hydrogen) atoms. The Balaban J connectivity index is 1.91. The first-order valence-electron chi connectivity index (χ1n) is 5.73. The molecule has 0 aromatic carbocycles. The summed E-state index contributed by atoms with van der Waals surface area (Å²) in [7, 11) is 0. The highest BCUT2D eigenvalue weighted by molar-refractivity contribution is 9.12. The van der Waals surface area contributed by atoms with Crippen LogP contribution in [0.25, 0.3) is 0 Å². The Bertz CT molecular complexity index is 282. The first kappa shape index (κ1) is 11.0. The lowest BCUT2D eigenvalue weighted by Gasteiger charge is -2.42. The standard InChI is InChI=1S/C12H16BrNO/c13-8-7-11(15)14-12(9-3-1-4-9)10-5-2-6-10/h9-10,12H,1-6H2,(H,14,15). The summed E-state index contributed by atoms with van der Waals surface area (Å²) in [5, 5.41) is 3.08. The van der Waals surface area contributed by atoms with Gasteiger partial charge in [-0.25, -0.2) is 0 Å². The van der Waals surface area contributed by atoms with Gasteiger partial charge in [-0.3, -0.25) is 4.79 Å². The molecule has 0 atom stereocenters. The van der Waals surface area contributed by atoms with Crippen molar-refractivity contribution in [2.75, 3.05) is 0 Å². The number of carbonyl (C=O) groups is 1. The Labute approximate surface area is 99.3 Å². The van der Waals surface area contributed by atoms with E-state index in [1.165, 1.54) is 38.5 Å². The van der Waals surface area contributed by atoms with Crippen molar-refractivity contribution in [1.29, 1.82) is 0 Å². The number of rotatable bonds is 3. The van der Waals surface area contributed by atoms with Crippen molar-refractivity contribution < 1.29 is 4.79 Å². The van der Waals surface area contributed by atoms with E-state index in [0.717, 1.165) is 11.8 Å². The van der Waals surface area contributed by atoms with Crippen molar-refractivity contribution in [3.63, 3.8) is 0 Å². The van der Waals surface area contributed by atoms with E-state index < -0.39 is 0 Å². The zero-order chi connectivity index (χ0) is 10.7. The Morgan fingerprint density at radius 1 is 1.20 bits per heavy atom. The van der Waals surface area contributed by atoms with E-state index in [-0.39, 0.29) is 5.91 Å². The van der Waals surface area contributed by atoms with Crippen molar-refractivity contribution >= 4 is 21.8 Å². The van der Waals surface area contributed by atoms with Crippen molar-refractivity contribution in [3.8, 4) is 10.8 Å². The highest BCUT2D eigenvalue weighted by Crippen LogP contribution is 2.39. The van der Waals surface area contributed by atoms with E-state index in [1.807, 2.05) is 0 Å². The lowest BCUT2D eigenvalue weighted by Crippen LogP contribution is -2.49. The van der Waals surface area contributed by atoms with Gasteiger partial charge in [-0.15, -0.1) is 0 Å². The number of halogens is 1. The van der Waals surface area contributed by atoms with Gasteiger partial charge in [0.15, 0.2) is 0 Å². The van der Waals surface area contributed by atoms with Crippen LogP contribution >= 0.6 is 15.9 Å². The minimum Gasteiger partial charge on any atom is -0.342 e. The van der Waals surface area contributed by atoms with Gasteiger partial charge >= 0.3 is 0 Å². The van der Waals surface area contributed by atoms with Crippen molar-refractivity contribution in [2.24, 2.45) is 11.8 Å². The maximum absolute atomic E-state index is 11.4. The molecule has 1 N–H and O–H groups in total. The van der Waals surface area contributed by atoms with Crippen LogP contribution in [-0.2, 0) is 4.79 Å². The second kappa shape index (κ2) is 5.03. The van der Waals surface area contributed by atoms with E-state index in [1.54, 1.807) is 0 Å². The molecule has 2 aliphatic carbocycles. The Morgan fingerprint density at radius 2 is 1.73 bits per heavy atom. The van der Waals surface area contributed by atoms with Crippen LogP contribution in [0, 0.1) is 22.6 Å². The quantitative estimate of drug-likeness (QED) is 0.784. The third-order valence-corrected chi connectivity index (χ3v) is 3.97. The molecule has 2 rings (SSSR count). The molecule has 2 saturated carbocycles. The molecule has 0 radical (unpaired) electrons. The summed E-state index contributed by atoms with van der Waals surface area (Å²) in [4.78, 5) is 13.9. The van der Waals surface area contributed by atoms with E-state index in [9.17, 15) is 4.79 Å². The van der Waals surface area contributed by atoms with Crippen LogP contribution in [0.3, 0.4) is 0 Å². The number of amides is 1. The number of nitrogens with one attached hydrogen (secondary N) is 1. The molecule has 0 heterocycles. The zero-order valence-electron chi connectivity index (χ0n) is 8.76. The molecule has 2 fully saturated rings. The van der Waals surface area contributed by atoms with E-state index in [4.69, 9.17) is 0 Å². The van der Waals surface area contributed by atoms with Crippen LogP contribution < -0.4 is 5.32 Å². The van der Waals surface area contributed by atoms with Crippen molar-refractivity contribution in [2.45, 2.75) is 44.6 Å². The molecule has 0 saturated heterocycles. The summed E-state index contributed by atoms with van der Waals surface area (Å²) in [6.07, 6.45) is 7.78.